The average Bonchev–Trinajstić information content (AvgIpc) is 2.50. The molecule has 0 aliphatic carbocycles. The summed E-state index contributed by atoms with van der Waals surface area (Å²) >= 11 is 1.25. The van der Waals surface area contributed by atoms with Crippen molar-refractivity contribution in [3.05, 3.63) is 28.8 Å². The zero-order chi connectivity index (χ0) is 19.0. The van der Waals surface area contributed by atoms with Crippen molar-refractivity contribution in [2.75, 3.05) is 18.6 Å². The summed E-state index contributed by atoms with van der Waals surface area (Å²) in [5.74, 6) is 0.137. The molecule has 0 aromatic heterocycles. The van der Waals surface area contributed by atoms with E-state index in [0.717, 1.165) is 16.7 Å². The van der Waals surface area contributed by atoms with Crippen LogP contribution in [0.4, 0.5) is 0 Å². The van der Waals surface area contributed by atoms with Gasteiger partial charge in [0.1, 0.15) is 11.8 Å². The number of thioether (sulfide) groups is 1. The van der Waals surface area contributed by atoms with Crippen molar-refractivity contribution in [3.8, 4) is 5.75 Å². The van der Waals surface area contributed by atoms with Crippen molar-refractivity contribution in [2.24, 2.45) is 5.73 Å². The van der Waals surface area contributed by atoms with E-state index in [1.807, 2.05) is 26.0 Å². The molecule has 0 fully saturated rings. The zero-order valence-electron chi connectivity index (χ0n) is 15.5. The lowest BCUT2D eigenvalue weighted by Crippen LogP contribution is -2.36. The van der Waals surface area contributed by atoms with Crippen LogP contribution in [-0.4, -0.2) is 42.7 Å². The lowest BCUT2D eigenvalue weighted by Gasteiger charge is -2.14. The second-order valence-corrected chi connectivity index (χ2v) is 7.10. The molecule has 0 heterocycles. The summed E-state index contributed by atoms with van der Waals surface area (Å²) in [6.45, 7) is 7.81. The highest BCUT2D eigenvalue weighted by Gasteiger charge is 2.18. The van der Waals surface area contributed by atoms with Gasteiger partial charge in [0.2, 0.25) is 0 Å². The van der Waals surface area contributed by atoms with Gasteiger partial charge in [-0.3, -0.25) is 9.59 Å². The first-order chi connectivity index (χ1) is 11.7. The van der Waals surface area contributed by atoms with Crippen LogP contribution in [0.15, 0.2) is 12.1 Å². The predicted molar refractivity (Wildman–Crippen MR) is 98.8 cm³/mol. The van der Waals surface area contributed by atoms with Crippen molar-refractivity contribution >= 4 is 23.7 Å². The number of hydrogen-bond donors (Lipinski definition) is 1. The molecule has 2 N–H and O–H groups in total. The summed E-state index contributed by atoms with van der Waals surface area (Å²) in [5, 5.41) is 0. The molecule has 0 saturated heterocycles. The molecule has 7 heteroatoms. The number of rotatable bonds is 9. The maximum atomic E-state index is 12.0. The minimum absolute atomic E-state index is 0.112. The maximum absolute atomic E-state index is 12.0. The number of hydrogen-bond acceptors (Lipinski definition) is 7. The second kappa shape index (κ2) is 10.4. The topological polar surface area (TPSA) is 87.9 Å². The molecule has 0 radical (unpaired) electrons. The van der Waals surface area contributed by atoms with Gasteiger partial charge in [-0.1, -0.05) is 12.1 Å². The van der Waals surface area contributed by atoms with E-state index in [2.05, 4.69) is 0 Å². The first kappa shape index (κ1) is 21.5. The Balaban J connectivity index is 2.51. The highest BCUT2D eigenvalue weighted by molar-refractivity contribution is 8.00. The molecule has 0 spiro atoms. The normalized spacial score (nSPS) is 12.1. The number of carbonyl (C=O) groups is 2. The van der Waals surface area contributed by atoms with Crippen LogP contribution in [0.2, 0.25) is 0 Å². The Kier molecular flexibility index (Phi) is 8.96. The predicted octanol–water partition coefficient (Wildman–Crippen LogP) is 2.37. The quantitative estimate of drug-likeness (QED) is 0.528. The fourth-order valence-corrected chi connectivity index (χ4v) is 2.98. The van der Waals surface area contributed by atoms with E-state index >= 15 is 0 Å². The number of ether oxygens (including phenoxy) is 3. The van der Waals surface area contributed by atoms with Gasteiger partial charge >= 0.3 is 11.9 Å². The van der Waals surface area contributed by atoms with E-state index in [1.54, 1.807) is 21.0 Å². The monoisotopic (exact) mass is 369 g/mol. The molecule has 0 bridgehead atoms. The number of nitrogens with two attached hydrogens (primary N) is 1. The van der Waals surface area contributed by atoms with Crippen LogP contribution in [0, 0.1) is 13.8 Å². The number of aryl methyl sites for hydroxylation is 2. The van der Waals surface area contributed by atoms with E-state index in [0.29, 0.717) is 18.1 Å². The summed E-state index contributed by atoms with van der Waals surface area (Å²) in [6, 6.07) is 3.12. The summed E-state index contributed by atoms with van der Waals surface area (Å²) in [4.78, 5) is 23.6. The van der Waals surface area contributed by atoms with Crippen LogP contribution < -0.4 is 10.5 Å². The summed E-state index contributed by atoms with van der Waals surface area (Å²) in [5.41, 5.74) is 8.52. The SMILES string of the molecule is COCc1cc(C)c(OC(=O)CSCC(N)C(=O)OC(C)C)c(C)c1. The van der Waals surface area contributed by atoms with Crippen molar-refractivity contribution in [3.63, 3.8) is 0 Å². The van der Waals surface area contributed by atoms with E-state index in [-0.39, 0.29) is 17.8 Å². The molecule has 0 amide bonds. The molecule has 0 aliphatic heterocycles. The van der Waals surface area contributed by atoms with Crippen molar-refractivity contribution in [1.29, 1.82) is 0 Å². The molecular weight excluding hydrogens is 342 g/mol. The van der Waals surface area contributed by atoms with Gasteiger partial charge in [-0.2, -0.15) is 0 Å². The van der Waals surface area contributed by atoms with Crippen LogP contribution in [0.25, 0.3) is 0 Å². The minimum Gasteiger partial charge on any atom is -0.462 e. The molecule has 140 valence electrons. The fraction of sp³-hybridized carbons (Fsp3) is 0.556. The fourth-order valence-electron chi connectivity index (χ4n) is 2.25. The summed E-state index contributed by atoms with van der Waals surface area (Å²) in [7, 11) is 1.64. The van der Waals surface area contributed by atoms with E-state index in [9.17, 15) is 9.59 Å². The van der Waals surface area contributed by atoms with Crippen LogP contribution in [0.5, 0.6) is 5.75 Å². The van der Waals surface area contributed by atoms with Gasteiger partial charge < -0.3 is 19.9 Å². The molecule has 1 atom stereocenters. The third kappa shape index (κ3) is 7.46. The molecule has 1 rings (SSSR count). The molecular formula is C18H27NO5S. The number of carbonyl (C=O) groups excluding carboxylic acids is 2. The molecule has 1 unspecified atom stereocenters. The van der Waals surface area contributed by atoms with E-state index in [1.165, 1.54) is 11.8 Å². The van der Waals surface area contributed by atoms with Gasteiger partial charge in [0, 0.05) is 12.9 Å². The highest BCUT2D eigenvalue weighted by atomic mass is 32.2. The Morgan fingerprint density at radius 2 is 1.80 bits per heavy atom. The van der Waals surface area contributed by atoms with E-state index in [4.69, 9.17) is 19.9 Å². The third-order valence-electron chi connectivity index (χ3n) is 3.22. The van der Waals surface area contributed by atoms with Gasteiger partial charge in [-0.05, 0) is 44.4 Å². The van der Waals surface area contributed by atoms with Gasteiger partial charge in [0.25, 0.3) is 0 Å². The molecule has 1 aromatic rings. The number of benzene rings is 1. The molecule has 6 nitrogen and oxygen atoms in total. The average molecular weight is 369 g/mol. The zero-order valence-corrected chi connectivity index (χ0v) is 16.3. The van der Waals surface area contributed by atoms with Gasteiger partial charge in [0.15, 0.2) is 0 Å². The Hall–Kier alpha value is -1.57. The van der Waals surface area contributed by atoms with Crippen LogP contribution in [-0.2, 0) is 25.7 Å². The minimum atomic E-state index is -0.753. The lowest BCUT2D eigenvalue weighted by molar-refractivity contribution is -0.148. The Morgan fingerprint density at radius 3 is 2.32 bits per heavy atom. The van der Waals surface area contributed by atoms with Crippen LogP contribution in [0.1, 0.15) is 30.5 Å². The molecule has 25 heavy (non-hydrogen) atoms. The lowest BCUT2D eigenvalue weighted by atomic mass is 10.1. The first-order valence-electron chi connectivity index (χ1n) is 8.08. The van der Waals surface area contributed by atoms with Gasteiger partial charge in [-0.15, -0.1) is 11.8 Å². The molecule has 1 aromatic carbocycles. The molecule has 0 saturated carbocycles. The first-order valence-corrected chi connectivity index (χ1v) is 9.23. The van der Waals surface area contributed by atoms with Gasteiger partial charge in [-0.25, -0.2) is 0 Å². The molecule has 0 aliphatic rings. The highest BCUT2D eigenvalue weighted by Crippen LogP contribution is 2.25. The summed E-state index contributed by atoms with van der Waals surface area (Å²) in [6.07, 6.45) is -0.208. The van der Waals surface area contributed by atoms with Crippen molar-refractivity contribution in [2.45, 2.75) is 46.4 Å². The van der Waals surface area contributed by atoms with Crippen LogP contribution in [0.3, 0.4) is 0 Å². The maximum Gasteiger partial charge on any atom is 0.324 e. The van der Waals surface area contributed by atoms with Crippen molar-refractivity contribution in [1.82, 2.24) is 0 Å². The smallest absolute Gasteiger partial charge is 0.324 e. The Bertz CT molecular complexity index is 580. The Morgan fingerprint density at radius 1 is 1.20 bits per heavy atom. The number of esters is 2. The Labute approximate surface area is 153 Å². The van der Waals surface area contributed by atoms with Crippen LogP contribution >= 0.6 is 11.8 Å². The van der Waals surface area contributed by atoms with E-state index < -0.39 is 12.0 Å². The van der Waals surface area contributed by atoms with Gasteiger partial charge in [0.05, 0.1) is 18.5 Å². The largest absolute Gasteiger partial charge is 0.462 e. The third-order valence-corrected chi connectivity index (χ3v) is 4.25. The standard InChI is InChI=1S/C18H27NO5S/c1-11(2)23-18(21)15(19)9-25-10-16(20)24-17-12(3)6-14(8-22-5)7-13(17)4/h6-7,11,15H,8-10,19H2,1-5H3. The second-order valence-electron chi connectivity index (χ2n) is 6.07. The summed E-state index contributed by atoms with van der Waals surface area (Å²) < 4.78 is 15.6. The number of methoxy groups -OCH3 is 1. The van der Waals surface area contributed by atoms with Crippen molar-refractivity contribution < 1.29 is 23.8 Å².